The van der Waals surface area contributed by atoms with Gasteiger partial charge in [-0.2, -0.15) is 0 Å². The maximum absolute atomic E-state index is 7.76. The van der Waals surface area contributed by atoms with Crippen molar-refractivity contribution < 1.29 is 4.74 Å². The second-order valence-corrected chi connectivity index (χ2v) is 4.80. The zero-order chi connectivity index (χ0) is 12.4. The number of ether oxygens (including phenoxy) is 1. The fraction of sp³-hybridized carbons (Fsp3) is 0.308. The van der Waals surface area contributed by atoms with Crippen LogP contribution in [0.1, 0.15) is 24.2 Å². The molecule has 0 fully saturated rings. The molecule has 0 aliphatic rings. The Kier molecular flexibility index (Phi) is 3.45. The summed E-state index contributed by atoms with van der Waals surface area (Å²) in [5.41, 5.74) is 12.7. The molecule has 2 rings (SSSR count). The first-order chi connectivity index (χ1) is 8.13. The Morgan fingerprint density at radius 2 is 2.18 bits per heavy atom. The first-order valence-electron chi connectivity index (χ1n) is 5.43. The summed E-state index contributed by atoms with van der Waals surface area (Å²) < 4.78 is 5.35. The Morgan fingerprint density at radius 1 is 1.41 bits per heavy atom. The summed E-state index contributed by atoms with van der Waals surface area (Å²) in [6.45, 7) is 3.84. The van der Waals surface area contributed by atoms with Crippen LogP contribution in [0.5, 0.6) is 5.75 Å². The number of rotatable bonds is 3. The van der Waals surface area contributed by atoms with Crippen LogP contribution in [0.4, 0.5) is 0 Å². The SMILES string of the molecule is COc1cc(-c2scnc2C)ccc1[C@H](C)[NH]. The van der Waals surface area contributed by atoms with Gasteiger partial charge in [0.15, 0.2) is 0 Å². The van der Waals surface area contributed by atoms with Gasteiger partial charge in [-0.15, -0.1) is 11.3 Å². The zero-order valence-electron chi connectivity index (χ0n) is 10.2. The molecule has 0 spiro atoms. The summed E-state index contributed by atoms with van der Waals surface area (Å²) in [7, 11) is 1.64. The molecule has 1 aromatic carbocycles. The third kappa shape index (κ3) is 2.33. The minimum Gasteiger partial charge on any atom is -0.496 e. The summed E-state index contributed by atoms with van der Waals surface area (Å²) in [5.74, 6) is 0.776. The van der Waals surface area contributed by atoms with Gasteiger partial charge in [0.2, 0.25) is 0 Å². The van der Waals surface area contributed by atoms with E-state index in [1.165, 1.54) is 0 Å². The molecule has 0 saturated carbocycles. The van der Waals surface area contributed by atoms with Gasteiger partial charge in [-0.05, 0) is 25.5 Å². The number of thiazole rings is 1. The molecule has 0 unspecified atom stereocenters. The lowest BCUT2D eigenvalue weighted by atomic mass is 10.0. The van der Waals surface area contributed by atoms with Gasteiger partial charge in [-0.3, -0.25) is 0 Å². The largest absolute Gasteiger partial charge is 0.496 e. The van der Waals surface area contributed by atoms with Crippen molar-refractivity contribution in [2.24, 2.45) is 0 Å². The van der Waals surface area contributed by atoms with E-state index in [2.05, 4.69) is 4.98 Å². The average Bonchev–Trinajstić information content (AvgIpc) is 2.74. The molecule has 2 aromatic rings. The summed E-state index contributed by atoms with van der Waals surface area (Å²) >= 11 is 1.62. The normalized spacial score (nSPS) is 12.5. The highest BCUT2D eigenvalue weighted by molar-refractivity contribution is 7.13. The van der Waals surface area contributed by atoms with Crippen LogP contribution >= 0.6 is 11.3 Å². The molecule has 17 heavy (non-hydrogen) atoms. The van der Waals surface area contributed by atoms with Crippen LogP contribution < -0.4 is 10.5 Å². The number of aryl methyl sites for hydroxylation is 1. The van der Waals surface area contributed by atoms with Crippen molar-refractivity contribution in [2.45, 2.75) is 19.9 Å². The van der Waals surface area contributed by atoms with E-state index in [9.17, 15) is 0 Å². The van der Waals surface area contributed by atoms with Crippen molar-refractivity contribution in [1.29, 1.82) is 0 Å². The molecule has 0 aliphatic heterocycles. The number of hydrogen-bond acceptors (Lipinski definition) is 3. The van der Waals surface area contributed by atoms with Crippen LogP contribution in [-0.2, 0) is 0 Å². The van der Waals surface area contributed by atoms with E-state index in [0.717, 1.165) is 27.4 Å². The highest BCUT2D eigenvalue weighted by atomic mass is 32.1. The quantitative estimate of drug-likeness (QED) is 0.833. The number of benzene rings is 1. The van der Waals surface area contributed by atoms with E-state index in [1.54, 1.807) is 18.4 Å². The molecule has 1 atom stereocenters. The van der Waals surface area contributed by atoms with Gasteiger partial charge in [0.1, 0.15) is 5.75 Å². The highest BCUT2D eigenvalue weighted by Crippen LogP contribution is 2.33. The van der Waals surface area contributed by atoms with Crippen molar-refractivity contribution in [1.82, 2.24) is 10.7 Å². The predicted molar refractivity (Wildman–Crippen MR) is 70.4 cm³/mol. The molecular weight excluding hydrogens is 232 g/mol. The first-order valence-corrected chi connectivity index (χ1v) is 6.31. The molecule has 89 valence electrons. The lowest BCUT2D eigenvalue weighted by Crippen LogP contribution is -1.98. The molecule has 1 aromatic heterocycles. The Morgan fingerprint density at radius 3 is 2.71 bits per heavy atom. The van der Waals surface area contributed by atoms with E-state index in [-0.39, 0.29) is 6.04 Å². The van der Waals surface area contributed by atoms with Gasteiger partial charge in [0.05, 0.1) is 23.2 Å². The maximum atomic E-state index is 7.76. The van der Waals surface area contributed by atoms with Gasteiger partial charge in [0, 0.05) is 11.6 Å². The lowest BCUT2D eigenvalue weighted by molar-refractivity contribution is 0.406. The average molecular weight is 247 g/mol. The summed E-state index contributed by atoms with van der Waals surface area (Å²) in [6.07, 6.45) is 0. The second kappa shape index (κ2) is 4.85. The third-order valence-corrected chi connectivity index (χ3v) is 3.69. The van der Waals surface area contributed by atoms with Gasteiger partial charge >= 0.3 is 0 Å². The van der Waals surface area contributed by atoms with Crippen LogP contribution in [0.15, 0.2) is 23.7 Å². The third-order valence-electron chi connectivity index (χ3n) is 2.71. The number of nitrogens with one attached hydrogen (secondary N) is 1. The summed E-state index contributed by atoms with van der Waals surface area (Å²) in [6, 6.07) is 5.71. The smallest absolute Gasteiger partial charge is 0.124 e. The Labute approximate surface area is 105 Å². The van der Waals surface area contributed by atoms with Crippen molar-refractivity contribution in [3.8, 4) is 16.2 Å². The van der Waals surface area contributed by atoms with Gasteiger partial charge < -0.3 is 4.74 Å². The topological polar surface area (TPSA) is 45.9 Å². The number of hydrogen-bond donors (Lipinski definition) is 0. The molecular formula is C13H15N2OS. The van der Waals surface area contributed by atoms with E-state index in [0.29, 0.717) is 0 Å². The monoisotopic (exact) mass is 247 g/mol. The standard InChI is InChI=1S/C13H15N2OS/c1-8(14)11-5-4-10(6-12(11)16-3)13-9(2)15-7-17-13/h4-8,14H,1-3H3/t8-/m0/s1. The molecule has 0 saturated heterocycles. The van der Waals surface area contributed by atoms with E-state index < -0.39 is 0 Å². The molecule has 0 bridgehead atoms. The van der Waals surface area contributed by atoms with E-state index >= 15 is 0 Å². The molecule has 1 heterocycles. The van der Waals surface area contributed by atoms with Crippen molar-refractivity contribution in [3.63, 3.8) is 0 Å². The van der Waals surface area contributed by atoms with Crippen LogP contribution in [0.25, 0.3) is 10.4 Å². The van der Waals surface area contributed by atoms with Gasteiger partial charge in [0.25, 0.3) is 0 Å². The van der Waals surface area contributed by atoms with Crippen LogP contribution in [0, 0.1) is 6.92 Å². The molecule has 3 nitrogen and oxygen atoms in total. The fourth-order valence-electron chi connectivity index (χ4n) is 1.79. The van der Waals surface area contributed by atoms with Crippen LogP contribution in [0.3, 0.4) is 0 Å². The minimum atomic E-state index is -0.276. The van der Waals surface area contributed by atoms with E-state index in [1.807, 2.05) is 37.6 Å². The van der Waals surface area contributed by atoms with Crippen molar-refractivity contribution in [2.75, 3.05) is 7.11 Å². The fourth-order valence-corrected chi connectivity index (χ4v) is 2.59. The van der Waals surface area contributed by atoms with Gasteiger partial charge in [-0.1, -0.05) is 12.1 Å². The Hall–Kier alpha value is -1.39. The molecule has 0 amide bonds. The van der Waals surface area contributed by atoms with Crippen molar-refractivity contribution in [3.05, 3.63) is 35.0 Å². The predicted octanol–water partition coefficient (Wildman–Crippen LogP) is 3.47. The molecule has 4 heteroatoms. The molecule has 1 N–H and O–H groups in total. The first kappa shape index (κ1) is 12.1. The zero-order valence-corrected chi connectivity index (χ0v) is 11.0. The molecule has 1 radical (unpaired) electrons. The van der Waals surface area contributed by atoms with E-state index in [4.69, 9.17) is 10.5 Å². The highest BCUT2D eigenvalue weighted by Gasteiger charge is 2.11. The Balaban J connectivity index is 2.49. The Bertz CT molecular complexity index is 520. The lowest BCUT2D eigenvalue weighted by Gasteiger charge is -2.12. The number of nitrogens with zero attached hydrogens (tertiary/aromatic N) is 1. The number of aromatic nitrogens is 1. The number of methoxy groups -OCH3 is 1. The van der Waals surface area contributed by atoms with Crippen LogP contribution in [-0.4, -0.2) is 12.1 Å². The summed E-state index contributed by atoms with van der Waals surface area (Å²) in [4.78, 5) is 5.41. The minimum absolute atomic E-state index is 0.276. The summed E-state index contributed by atoms with van der Waals surface area (Å²) in [5, 5.41) is 0. The van der Waals surface area contributed by atoms with Gasteiger partial charge in [-0.25, -0.2) is 10.7 Å². The molecule has 0 aliphatic carbocycles. The maximum Gasteiger partial charge on any atom is 0.124 e. The second-order valence-electron chi connectivity index (χ2n) is 3.95. The van der Waals surface area contributed by atoms with Crippen molar-refractivity contribution >= 4 is 11.3 Å². The van der Waals surface area contributed by atoms with Crippen LogP contribution in [0.2, 0.25) is 0 Å².